The molecule has 0 saturated carbocycles. The van der Waals surface area contributed by atoms with Gasteiger partial charge in [0.15, 0.2) is 0 Å². The number of benzene rings is 1. The van der Waals surface area contributed by atoms with Crippen LogP contribution in [0.2, 0.25) is 0 Å². The van der Waals surface area contributed by atoms with Crippen molar-refractivity contribution in [1.82, 2.24) is 0 Å². The van der Waals surface area contributed by atoms with E-state index in [4.69, 9.17) is 5.11 Å². The van der Waals surface area contributed by atoms with E-state index in [9.17, 15) is 4.79 Å². The molecule has 2 atom stereocenters. The van der Waals surface area contributed by atoms with Crippen LogP contribution in [0.15, 0.2) is 29.6 Å². The number of fused-ring (bicyclic) bond motifs is 1. The number of carbonyl (C=O) groups is 1. The van der Waals surface area contributed by atoms with Crippen molar-refractivity contribution in [3.63, 3.8) is 0 Å². The molecule has 2 unspecified atom stereocenters. The third-order valence-electron chi connectivity index (χ3n) is 3.35. The summed E-state index contributed by atoms with van der Waals surface area (Å²) < 4.78 is 1.28. The van der Waals surface area contributed by atoms with Gasteiger partial charge in [-0.05, 0) is 34.7 Å². The van der Waals surface area contributed by atoms with Gasteiger partial charge < -0.3 is 5.11 Å². The van der Waals surface area contributed by atoms with Crippen molar-refractivity contribution < 1.29 is 9.90 Å². The lowest BCUT2D eigenvalue weighted by molar-refractivity contribution is -0.142. The lowest BCUT2D eigenvalue weighted by Crippen LogP contribution is -2.19. The zero-order valence-corrected chi connectivity index (χ0v) is 10.8. The number of carboxylic acid groups (broad SMARTS) is 1. The van der Waals surface area contributed by atoms with E-state index >= 15 is 0 Å². The zero-order chi connectivity index (χ0) is 12.4. The minimum atomic E-state index is -0.711. The first-order valence-corrected chi connectivity index (χ1v) is 6.65. The minimum Gasteiger partial charge on any atom is -0.481 e. The highest BCUT2D eigenvalue weighted by Gasteiger charge is 2.20. The van der Waals surface area contributed by atoms with Gasteiger partial charge in [-0.1, -0.05) is 32.0 Å². The number of aliphatic carboxylic acids is 1. The van der Waals surface area contributed by atoms with Gasteiger partial charge in [-0.3, -0.25) is 4.79 Å². The van der Waals surface area contributed by atoms with E-state index in [2.05, 4.69) is 17.5 Å². The average molecular weight is 248 g/mol. The summed E-state index contributed by atoms with van der Waals surface area (Å²) in [6.45, 7) is 3.78. The van der Waals surface area contributed by atoms with Crippen LogP contribution in [-0.4, -0.2) is 11.1 Å². The van der Waals surface area contributed by atoms with Gasteiger partial charge in [-0.15, -0.1) is 11.3 Å². The highest BCUT2D eigenvalue weighted by atomic mass is 32.1. The molecule has 1 aromatic carbocycles. The second kappa shape index (κ2) is 4.88. The van der Waals surface area contributed by atoms with Crippen molar-refractivity contribution in [2.75, 3.05) is 0 Å². The Labute approximate surface area is 105 Å². The van der Waals surface area contributed by atoms with Crippen LogP contribution >= 0.6 is 11.3 Å². The molecule has 2 aromatic rings. The number of thiophene rings is 1. The molecule has 2 rings (SSSR count). The maximum Gasteiger partial charge on any atom is 0.306 e. The number of carboxylic acids is 1. The Balaban J connectivity index is 2.21. The molecule has 1 N–H and O–H groups in total. The topological polar surface area (TPSA) is 37.3 Å². The Bertz CT molecular complexity index is 530. The maximum absolute atomic E-state index is 10.9. The lowest BCUT2D eigenvalue weighted by Gasteiger charge is -2.15. The van der Waals surface area contributed by atoms with E-state index < -0.39 is 5.97 Å². The summed E-state index contributed by atoms with van der Waals surface area (Å²) in [5.41, 5.74) is 1.27. The molecule has 1 heterocycles. The Morgan fingerprint density at radius 3 is 2.76 bits per heavy atom. The van der Waals surface area contributed by atoms with E-state index in [1.165, 1.54) is 15.6 Å². The molecule has 1 aromatic heterocycles. The third kappa shape index (κ3) is 2.50. The van der Waals surface area contributed by atoms with Crippen molar-refractivity contribution in [3.8, 4) is 0 Å². The molecular formula is C14H16O2S. The van der Waals surface area contributed by atoms with Gasteiger partial charge in [0.2, 0.25) is 0 Å². The van der Waals surface area contributed by atoms with Gasteiger partial charge in [-0.2, -0.15) is 0 Å². The smallest absolute Gasteiger partial charge is 0.306 e. The molecule has 0 aliphatic heterocycles. The molecule has 2 nitrogen and oxygen atoms in total. The lowest BCUT2D eigenvalue weighted by atomic mass is 9.90. The summed E-state index contributed by atoms with van der Waals surface area (Å²) in [6, 6.07) is 8.28. The van der Waals surface area contributed by atoms with Crippen LogP contribution < -0.4 is 0 Å². The molecule has 90 valence electrons. The van der Waals surface area contributed by atoms with Crippen molar-refractivity contribution in [2.45, 2.75) is 20.3 Å². The molecule has 3 heteroatoms. The Hall–Kier alpha value is -1.35. The first kappa shape index (κ1) is 12.1. The van der Waals surface area contributed by atoms with Crippen molar-refractivity contribution in [3.05, 3.63) is 35.2 Å². The van der Waals surface area contributed by atoms with Gasteiger partial charge in [-0.25, -0.2) is 0 Å². The SMILES string of the molecule is CC(Cc1csc2ccccc12)C(C)C(=O)O. The molecule has 0 spiro atoms. The van der Waals surface area contributed by atoms with Crippen molar-refractivity contribution in [1.29, 1.82) is 0 Å². The summed E-state index contributed by atoms with van der Waals surface area (Å²) in [4.78, 5) is 10.9. The Morgan fingerprint density at radius 1 is 1.35 bits per heavy atom. The van der Waals surface area contributed by atoms with Gasteiger partial charge in [0.1, 0.15) is 0 Å². The monoisotopic (exact) mass is 248 g/mol. The summed E-state index contributed by atoms with van der Waals surface area (Å²) in [5.74, 6) is -0.851. The van der Waals surface area contributed by atoms with Gasteiger partial charge in [0, 0.05) is 4.70 Å². The first-order valence-electron chi connectivity index (χ1n) is 5.77. The largest absolute Gasteiger partial charge is 0.481 e. The van der Waals surface area contributed by atoms with Crippen LogP contribution in [0.5, 0.6) is 0 Å². The number of hydrogen-bond donors (Lipinski definition) is 1. The summed E-state index contributed by atoms with van der Waals surface area (Å²) in [7, 11) is 0. The fourth-order valence-electron chi connectivity index (χ4n) is 1.96. The van der Waals surface area contributed by atoms with E-state index in [0.717, 1.165) is 6.42 Å². The van der Waals surface area contributed by atoms with E-state index in [1.54, 1.807) is 18.3 Å². The fraction of sp³-hybridized carbons (Fsp3) is 0.357. The molecular weight excluding hydrogens is 232 g/mol. The molecule has 0 fully saturated rings. The van der Waals surface area contributed by atoms with Crippen LogP contribution in [0.1, 0.15) is 19.4 Å². The van der Waals surface area contributed by atoms with Crippen LogP contribution in [0, 0.1) is 11.8 Å². The second-order valence-corrected chi connectivity index (χ2v) is 5.48. The highest BCUT2D eigenvalue weighted by molar-refractivity contribution is 7.17. The summed E-state index contributed by atoms with van der Waals surface area (Å²) >= 11 is 1.73. The number of rotatable bonds is 4. The molecule has 17 heavy (non-hydrogen) atoms. The van der Waals surface area contributed by atoms with Crippen LogP contribution in [0.25, 0.3) is 10.1 Å². The highest BCUT2D eigenvalue weighted by Crippen LogP contribution is 2.29. The number of hydrogen-bond acceptors (Lipinski definition) is 2. The molecule has 0 aliphatic carbocycles. The van der Waals surface area contributed by atoms with E-state index in [1.807, 2.05) is 19.1 Å². The van der Waals surface area contributed by atoms with Crippen LogP contribution in [0.3, 0.4) is 0 Å². The van der Waals surface area contributed by atoms with Gasteiger partial charge >= 0.3 is 5.97 Å². The maximum atomic E-state index is 10.9. The predicted molar refractivity (Wildman–Crippen MR) is 71.5 cm³/mol. The second-order valence-electron chi connectivity index (χ2n) is 4.57. The van der Waals surface area contributed by atoms with Gasteiger partial charge in [0.05, 0.1) is 5.92 Å². The molecule has 0 saturated heterocycles. The average Bonchev–Trinajstić information content (AvgIpc) is 2.71. The van der Waals surface area contributed by atoms with Crippen molar-refractivity contribution in [2.24, 2.45) is 11.8 Å². The van der Waals surface area contributed by atoms with Crippen LogP contribution in [0.4, 0.5) is 0 Å². The Kier molecular flexibility index (Phi) is 3.48. The minimum absolute atomic E-state index is 0.158. The summed E-state index contributed by atoms with van der Waals surface area (Å²) in [6.07, 6.45) is 0.831. The Morgan fingerprint density at radius 2 is 2.06 bits per heavy atom. The zero-order valence-electron chi connectivity index (χ0n) is 10.0. The first-order chi connectivity index (χ1) is 8.09. The van der Waals surface area contributed by atoms with E-state index in [-0.39, 0.29) is 11.8 Å². The van der Waals surface area contributed by atoms with Crippen LogP contribution in [-0.2, 0) is 11.2 Å². The van der Waals surface area contributed by atoms with Gasteiger partial charge in [0.25, 0.3) is 0 Å². The van der Waals surface area contributed by atoms with Crippen molar-refractivity contribution >= 4 is 27.4 Å². The standard InChI is InChI=1S/C14H16O2S/c1-9(10(2)14(15)16)7-11-8-17-13-6-4-3-5-12(11)13/h3-6,8-10H,7H2,1-2H3,(H,15,16). The molecule has 0 bridgehead atoms. The molecule has 0 amide bonds. The van der Waals surface area contributed by atoms with E-state index in [0.29, 0.717) is 0 Å². The summed E-state index contributed by atoms with van der Waals surface area (Å²) in [5, 5.41) is 12.4. The molecule has 0 radical (unpaired) electrons. The molecule has 0 aliphatic rings. The third-order valence-corrected chi connectivity index (χ3v) is 4.36. The normalized spacial score (nSPS) is 14.7. The fourth-order valence-corrected chi connectivity index (χ4v) is 2.93. The quantitative estimate of drug-likeness (QED) is 0.893. The predicted octanol–water partition coefficient (Wildman–Crippen LogP) is 3.80.